The molecule has 1 atom stereocenters. The monoisotopic (exact) mass is 210 g/mol. The van der Waals surface area contributed by atoms with Crippen LogP contribution in [0, 0.1) is 0 Å². The first kappa shape index (κ1) is 9.66. The fraction of sp³-hybridized carbons (Fsp3) is 1.00. The number of hydrogen-bond donors (Lipinski definition) is 0. The van der Waals surface area contributed by atoms with E-state index in [1.54, 1.807) is 0 Å². The van der Waals surface area contributed by atoms with Gasteiger partial charge in [0, 0.05) is 10.1 Å². The summed E-state index contributed by atoms with van der Waals surface area (Å²) >= 11 is 3.46. The Labute approximate surface area is 68.2 Å². The SMILES string of the molecule is CC(Br)[SiH2]OC(C)(C)C. The van der Waals surface area contributed by atoms with Crippen LogP contribution in [0.1, 0.15) is 27.7 Å². The van der Waals surface area contributed by atoms with Gasteiger partial charge in [-0.15, -0.1) is 0 Å². The largest absolute Gasteiger partial charge is 0.418 e. The van der Waals surface area contributed by atoms with Crippen LogP contribution in [-0.4, -0.2) is 19.8 Å². The van der Waals surface area contributed by atoms with Gasteiger partial charge in [-0.05, 0) is 20.8 Å². The van der Waals surface area contributed by atoms with E-state index < -0.39 is 0 Å². The van der Waals surface area contributed by atoms with Crippen molar-refractivity contribution >= 4 is 25.7 Å². The lowest BCUT2D eigenvalue weighted by Gasteiger charge is -2.20. The smallest absolute Gasteiger partial charge is 0.175 e. The molecule has 0 aromatic carbocycles. The molecule has 56 valence electrons. The van der Waals surface area contributed by atoms with E-state index in [0.717, 1.165) is 0 Å². The minimum atomic E-state index is -0.341. The molecule has 0 aromatic heterocycles. The Balaban J connectivity index is 3.28. The zero-order valence-corrected chi connectivity index (χ0v) is 9.57. The van der Waals surface area contributed by atoms with Gasteiger partial charge in [0.1, 0.15) is 0 Å². The van der Waals surface area contributed by atoms with Gasteiger partial charge in [-0.25, -0.2) is 0 Å². The summed E-state index contributed by atoms with van der Waals surface area (Å²) in [6.07, 6.45) is 0. The summed E-state index contributed by atoms with van der Waals surface area (Å²) in [6, 6.07) is 0. The molecule has 0 amide bonds. The Morgan fingerprint density at radius 2 is 1.89 bits per heavy atom. The summed E-state index contributed by atoms with van der Waals surface area (Å²) in [6.45, 7) is 8.41. The van der Waals surface area contributed by atoms with E-state index in [9.17, 15) is 0 Å². The van der Waals surface area contributed by atoms with E-state index in [1.165, 1.54) is 0 Å². The molecule has 0 saturated heterocycles. The second kappa shape index (κ2) is 3.74. The number of halogens is 1. The highest BCUT2D eigenvalue weighted by atomic mass is 79.9. The van der Waals surface area contributed by atoms with Gasteiger partial charge in [-0.3, -0.25) is 0 Å². The molecule has 0 radical (unpaired) electrons. The van der Waals surface area contributed by atoms with E-state index in [-0.39, 0.29) is 15.4 Å². The third-order valence-corrected chi connectivity index (χ3v) is 3.03. The topological polar surface area (TPSA) is 9.23 Å². The Morgan fingerprint density at radius 1 is 1.44 bits per heavy atom. The summed E-state index contributed by atoms with van der Waals surface area (Å²) < 4.78 is 6.18. The van der Waals surface area contributed by atoms with Gasteiger partial charge in [0.05, 0.1) is 0 Å². The summed E-state index contributed by atoms with van der Waals surface area (Å²) in [7, 11) is -0.341. The van der Waals surface area contributed by atoms with Gasteiger partial charge < -0.3 is 4.43 Å². The van der Waals surface area contributed by atoms with Crippen LogP contribution in [0.25, 0.3) is 0 Å². The van der Waals surface area contributed by atoms with Crippen molar-refractivity contribution in [1.82, 2.24) is 0 Å². The van der Waals surface area contributed by atoms with Gasteiger partial charge in [0.15, 0.2) is 9.76 Å². The fourth-order valence-corrected chi connectivity index (χ4v) is 1.49. The van der Waals surface area contributed by atoms with Crippen molar-refractivity contribution in [2.24, 2.45) is 0 Å². The van der Waals surface area contributed by atoms with Gasteiger partial charge in [0.25, 0.3) is 0 Å². The van der Waals surface area contributed by atoms with Crippen molar-refractivity contribution in [3.8, 4) is 0 Å². The van der Waals surface area contributed by atoms with Gasteiger partial charge in [-0.2, -0.15) is 0 Å². The lowest BCUT2D eigenvalue weighted by Crippen LogP contribution is -2.25. The first-order chi connectivity index (χ1) is 3.92. The molecule has 0 bridgehead atoms. The van der Waals surface area contributed by atoms with Crippen LogP contribution < -0.4 is 0 Å². The first-order valence-electron chi connectivity index (χ1n) is 3.20. The molecule has 0 aliphatic heterocycles. The van der Waals surface area contributed by atoms with Crippen LogP contribution in [0.5, 0.6) is 0 Å². The molecular formula is C6H15BrOSi. The molecule has 0 aromatic rings. The van der Waals surface area contributed by atoms with Crippen LogP contribution in [0.15, 0.2) is 0 Å². The fourth-order valence-electron chi connectivity index (χ4n) is 0.365. The van der Waals surface area contributed by atoms with Crippen LogP contribution in [-0.2, 0) is 4.43 Å². The predicted molar refractivity (Wildman–Crippen MR) is 47.8 cm³/mol. The molecule has 3 heteroatoms. The summed E-state index contributed by atoms with van der Waals surface area (Å²) in [5.41, 5.74) is 0.0637. The molecule has 0 spiro atoms. The van der Waals surface area contributed by atoms with Crippen molar-refractivity contribution in [2.75, 3.05) is 0 Å². The van der Waals surface area contributed by atoms with Crippen LogP contribution in [0.4, 0.5) is 0 Å². The summed E-state index contributed by atoms with van der Waals surface area (Å²) in [4.78, 5) is 0. The third-order valence-electron chi connectivity index (χ3n) is 0.746. The second-order valence-electron chi connectivity index (χ2n) is 3.20. The number of hydrogen-bond acceptors (Lipinski definition) is 1. The minimum absolute atomic E-state index is 0.0637. The Hall–Kier alpha value is 0.657. The maximum atomic E-state index is 5.58. The molecule has 0 aliphatic carbocycles. The Morgan fingerprint density at radius 3 is 2.00 bits per heavy atom. The van der Waals surface area contributed by atoms with Crippen LogP contribution in [0.3, 0.4) is 0 Å². The standard InChI is InChI=1S/C6H15BrOSi/c1-5(7)9-8-6(2,3)4/h5H,9H2,1-4H3. The molecule has 0 heterocycles. The van der Waals surface area contributed by atoms with E-state index in [4.69, 9.17) is 4.43 Å². The number of alkyl halides is 1. The average molecular weight is 211 g/mol. The molecule has 0 fully saturated rings. The highest BCUT2D eigenvalue weighted by molar-refractivity contribution is 9.10. The van der Waals surface area contributed by atoms with E-state index in [0.29, 0.717) is 4.45 Å². The normalized spacial score (nSPS) is 17.0. The predicted octanol–water partition coefficient (Wildman–Crippen LogP) is 1.63. The van der Waals surface area contributed by atoms with Crippen molar-refractivity contribution in [3.63, 3.8) is 0 Å². The zero-order chi connectivity index (χ0) is 7.49. The Kier molecular flexibility index (Phi) is 4.01. The quantitative estimate of drug-likeness (QED) is 0.498. The molecule has 1 nitrogen and oxygen atoms in total. The summed E-state index contributed by atoms with van der Waals surface area (Å²) in [5, 5.41) is 0. The Bertz CT molecular complexity index is 77.6. The molecular weight excluding hydrogens is 196 g/mol. The molecule has 0 aliphatic rings. The molecule has 9 heavy (non-hydrogen) atoms. The van der Waals surface area contributed by atoms with Gasteiger partial charge >= 0.3 is 0 Å². The van der Waals surface area contributed by atoms with Crippen molar-refractivity contribution in [3.05, 3.63) is 0 Å². The molecule has 0 rings (SSSR count). The first-order valence-corrected chi connectivity index (χ1v) is 5.51. The average Bonchev–Trinajstić information content (AvgIpc) is 1.59. The van der Waals surface area contributed by atoms with E-state index in [1.807, 2.05) is 0 Å². The highest BCUT2D eigenvalue weighted by Crippen LogP contribution is 2.07. The van der Waals surface area contributed by atoms with Crippen molar-refractivity contribution < 1.29 is 4.43 Å². The van der Waals surface area contributed by atoms with Crippen molar-refractivity contribution in [1.29, 1.82) is 0 Å². The molecule has 1 unspecified atom stereocenters. The maximum absolute atomic E-state index is 5.58. The van der Waals surface area contributed by atoms with Crippen molar-refractivity contribution in [2.45, 2.75) is 37.7 Å². The van der Waals surface area contributed by atoms with Crippen LogP contribution >= 0.6 is 15.9 Å². The third kappa shape index (κ3) is 8.66. The second-order valence-corrected chi connectivity index (χ2v) is 7.81. The number of rotatable bonds is 2. The van der Waals surface area contributed by atoms with E-state index >= 15 is 0 Å². The maximum Gasteiger partial charge on any atom is 0.175 e. The molecule has 0 saturated carbocycles. The van der Waals surface area contributed by atoms with E-state index in [2.05, 4.69) is 43.6 Å². The summed E-state index contributed by atoms with van der Waals surface area (Å²) in [5.74, 6) is 0. The van der Waals surface area contributed by atoms with Gasteiger partial charge in [0.2, 0.25) is 0 Å². The van der Waals surface area contributed by atoms with Crippen LogP contribution in [0.2, 0.25) is 0 Å². The minimum Gasteiger partial charge on any atom is -0.418 e. The lowest BCUT2D eigenvalue weighted by molar-refractivity contribution is 0.138. The zero-order valence-electron chi connectivity index (χ0n) is 6.57. The molecule has 0 N–H and O–H groups in total. The van der Waals surface area contributed by atoms with Gasteiger partial charge in [-0.1, -0.05) is 22.9 Å². The highest BCUT2D eigenvalue weighted by Gasteiger charge is 2.10. The lowest BCUT2D eigenvalue weighted by atomic mass is 10.2.